The summed E-state index contributed by atoms with van der Waals surface area (Å²) >= 11 is 0. The van der Waals surface area contributed by atoms with Crippen LogP contribution >= 0.6 is 0 Å². The Morgan fingerprint density at radius 1 is 1.39 bits per heavy atom. The highest BCUT2D eigenvalue weighted by Crippen LogP contribution is 2.43. The van der Waals surface area contributed by atoms with E-state index in [9.17, 15) is 4.79 Å². The highest BCUT2D eigenvalue weighted by Gasteiger charge is 2.41. The lowest BCUT2D eigenvalue weighted by atomic mass is 9.75. The van der Waals surface area contributed by atoms with Gasteiger partial charge in [0.2, 0.25) is 0 Å². The maximum Gasteiger partial charge on any atom is 0.163 e. The van der Waals surface area contributed by atoms with Crippen molar-refractivity contribution in [1.29, 1.82) is 0 Å². The van der Waals surface area contributed by atoms with E-state index in [0.717, 1.165) is 30.6 Å². The molecule has 0 N–H and O–H groups in total. The number of fused-ring (bicyclic) bond motifs is 2. The number of ether oxygens (including phenoxy) is 2. The fraction of sp³-hybridized carbons (Fsp3) is 0.400. The molecule has 18 heavy (non-hydrogen) atoms. The lowest BCUT2D eigenvalue weighted by Gasteiger charge is -2.39. The number of benzene rings is 1. The summed E-state index contributed by atoms with van der Waals surface area (Å²) in [5, 5.41) is 0. The number of aryl methyl sites for hydroxylation is 1. The summed E-state index contributed by atoms with van der Waals surface area (Å²) in [5.41, 5.74) is 1.95. The molecule has 0 aromatic heterocycles. The van der Waals surface area contributed by atoms with E-state index in [-0.39, 0.29) is 5.78 Å². The molecule has 1 aromatic rings. The molecule has 1 aliphatic heterocycles. The molecule has 1 unspecified atom stereocenters. The van der Waals surface area contributed by atoms with Crippen LogP contribution in [0.2, 0.25) is 0 Å². The Labute approximate surface area is 106 Å². The summed E-state index contributed by atoms with van der Waals surface area (Å²) in [6, 6.07) is 6.04. The van der Waals surface area contributed by atoms with Crippen LogP contribution in [0.5, 0.6) is 5.75 Å². The maximum atomic E-state index is 11.7. The summed E-state index contributed by atoms with van der Waals surface area (Å²) in [6.45, 7) is 0. The predicted octanol–water partition coefficient (Wildman–Crippen LogP) is 2.73. The summed E-state index contributed by atoms with van der Waals surface area (Å²) < 4.78 is 11.1. The van der Waals surface area contributed by atoms with Crippen molar-refractivity contribution in [3.8, 4) is 5.75 Å². The van der Waals surface area contributed by atoms with Crippen molar-refractivity contribution >= 4 is 5.78 Å². The molecule has 1 atom stereocenters. The van der Waals surface area contributed by atoms with Gasteiger partial charge in [0.1, 0.15) is 11.4 Å². The van der Waals surface area contributed by atoms with Gasteiger partial charge in [0, 0.05) is 6.08 Å². The van der Waals surface area contributed by atoms with Crippen molar-refractivity contribution in [2.24, 2.45) is 0 Å². The van der Waals surface area contributed by atoms with E-state index in [1.54, 1.807) is 13.4 Å². The fourth-order valence-corrected chi connectivity index (χ4v) is 2.98. The summed E-state index contributed by atoms with van der Waals surface area (Å²) in [6.07, 6.45) is 6.48. The van der Waals surface area contributed by atoms with Gasteiger partial charge >= 0.3 is 0 Å². The van der Waals surface area contributed by atoms with Crippen LogP contribution in [0.1, 0.15) is 30.4 Å². The van der Waals surface area contributed by atoms with E-state index >= 15 is 0 Å². The number of hydrogen-bond acceptors (Lipinski definition) is 3. The first-order valence-electron chi connectivity index (χ1n) is 6.28. The van der Waals surface area contributed by atoms with Gasteiger partial charge in [0.05, 0.1) is 19.8 Å². The Morgan fingerprint density at radius 3 is 3.06 bits per heavy atom. The smallest absolute Gasteiger partial charge is 0.163 e. The van der Waals surface area contributed by atoms with Gasteiger partial charge in [0.25, 0.3) is 0 Å². The minimum Gasteiger partial charge on any atom is -0.497 e. The van der Waals surface area contributed by atoms with Crippen LogP contribution in [0.4, 0.5) is 0 Å². The van der Waals surface area contributed by atoms with Gasteiger partial charge in [-0.05, 0) is 42.5 Å². The van der Waals surface area contributed by atoms with Gasteiger partial charge in [-0.3, -0.25) is 4.79 Å². The quantitative estimate of drug-likeness (QED) is 0.762. The van der Waals surface area contributed by atoms with Gasteiger partial charge in [-0.2, -0.15) is 0 Å². The van der Waals surface area contributed by atoms with Crippen LogP contribution < -0.4 is 4.74 Å². The monoisotopic (exact) mass is 244 g/mol. The number of carbonyl (C=O) groups excluding carboxylic acids is 1. The van der Waals surface area contributed by atoms with Crippen LogP contribution in [0.15, 0.2) is 30.5 Å². The molecule has 0 saturated carbocycles. The van der Waals surface area contributed by atoms with Gasteiger partial charge in [-0.1, -0.05) is 6.07 Å². The third kappa shape index (κ3) is 1.70. The second-order valence-electron chi connectivity index (χ2n) is 4.93. The molecule has 2 aliphatic rings. The third-order valence-corrected chi connectivity index (χ3v) is 3.84. The zero-order valence-corrected chi connectivity index (χ0v) is 10.4. The molecular weight excluding hydrogens is 228 g/mol. The van der Waals surface area contributed by atoms with E-state index in [1.807, 2.05) is 12.1 Å². The van der Waals surface area contributed by atoms with Crippen molar-refractivity contribution in [2.75, 3.05) is 7.11 Å². The number of ketones is 1. The topological polar surface area (TPSA) is 35.5 Å². The summed E-state index contributed by atoms with van der Waals surface area (Å²) in [7, 11) is 1.67. The Hall–Kier alpha value is -1.77. The van der Waals surface area contributed by atoms with Crippen LogP contribution in [-0.2, 0) is 21.6 Å². The molecule has 1 aliphatic carbocycles. The molecule has 3 rings (SSSR count). The molecule has 1 aromatic carbocycles. The largest absolute Gasteiger partial charge is 0.497 e. The number of hydrogen-bond donors (Lipinski definition) is 0. The third-order valence-electron chi connectivity index (χ3n) is 3.84. The van der Waals surface area contributed by atoms with E-state index in [0.29, 0.717) is 6.42 Å². The van der Waals surface area contributed by atoms with Gasteiger partial charge in [0.15, 0.2) is 5.78 Å². The van der Waals surface area contributed by atoms with Crippen LogP contribution in [-0.4, -0.2) is 12.9 Å². The van der Waals surface area contributed by atoms with Gasteiger partial charge in [-0.25, -0.2) is 0 Å². The minimum absolute atomic E-state index is 0.143. The van der Waals surface area contributed by atoms with Crippen molar-refractivity contribution < 1.29 is 14.3 Å². The standard InChI is InChI=1S/C15H16O3/c1-17-13-4-5-14-11(9-13)3-2-7-15(14)10-12(16)6-8-18-15/h4-6,8-9H,2-3,7,10H2,1H3. The lowest BCUT2D eigenvalue weighted by Crippen LogP contribution is -2.36. The van der Waals surface area contributed by atoms with Crippen LogP contribution in [0, 0.1) is 0 Å². The Morgan fingerprint density at radius 2 is 2.28 bits per heavy atom. The summed E-state index contributed by atoms with van der Waals surface area (Å²) in [4.78, 5) is 11.7. The average Bonchev–Trinajstić information content (AvgIpc) is 2.38. The van der Waals surface area contributed by atoms with Crippen molar-refractivity contribution in [3.05, 3.63) is 41.7 Å². The van der Waals surface area contributed by atoms with E-state index in [1.165, 1.54) is 11.6 Å². The zero-order chi connectivity index (χ0) is 12.6. The Bertz CT molecular complexity index is 518. The molecule has 0 saturated heterocycles. The van der Waals surface area contributed by atoms with Crippen molar-refractivity contribution in [2.45, 2.75) is 31.3 Å². The van der Waals surface area contributed by atoms with Crippen LogP contribution in [0.3, 0.4) is 0 Å². The number of methoxy groups -OCH3 is 1. The van der Waals surface area contributed by atoms with E-state index in [4.69, 9.17) is 9.47 Å². The lowest BCUT2D eigenvalue weighted by molar-refractivity contribution is -0.124. The van der Waals surface area contributed by atoms with E-state index in [2.05, 4.69) is 6.07 Å². The molecule has 94 valence electrons. The first-order chi connectivity index (χ1) is 8.73. The van der Waals surface area contributed by atoms with Gasteiger partial charge < -0.3 is 9.47 Å². The number of carbonyl (C=O) groups is 1. The van der Waals surface area contributed by atoms with Crippen molar-refractivity contribution in [3.63, 3.8) is 0 Å². The molecule has 0 radical (unpaired) electrons. The first-order valence-corrected chi connectivity index (χ1v) is 6.28. The Kier molecular flexibility index (Phi) is 2.62. The second kappa shape index (κ2) is 4.16. The van der Waals surface area contributed by atoms with Crippen molar-refractivity contribution in [1.82, 2.24) is 0 Å². The molecule has 3 nitrogen and oxygen atoms in total. The minimum atomic E-state index is -0.439. The molecule has 1 heterocycles. The van der Waals surface area contributed by atoms with E-state index < -0.39 is 5.60 Å². The molecule has 0 fully saturated rings. The second-order valence-corrected chi connectivity index (χ2v) is 4.93. The molecular formula is C15H16O3. The zero-order valence-electron chi connectivity index (χ0n) is 10.4. The molecule has 3 heteroatoms. The predicted molar refractivity (Wildman–Crippen MR) is 67.5 cm³/mol. The van der Waals surface area contributed by atoms with Crippen LogP contribution in [0.25, 0.3) is 0 Å². The average molecular weight is 244 g/mol. The molecule has 0 amide bonds. The first kappa shape index (κ1) is 11.3. The SMILES string of the molecule is COc1ccc2c(c1)CCCC21CC(=O)C=CO1. The highest BCUT2D eigenvalue weighted by molar-refractivity contribution is 5.91. The summed E-state index contributed by atoms with van der Waals surface area (Å²) in [5.74, 6) is 1.01. The number of rotatable bonds is 1. The Balaban J connectivity index is 2.06. The maximum absolute atomic E-state index is 11.7. The molecule has 0 bridgehead atoms. The number of allylic oxidation sites excluding steroid dienone is 1. The highest BCUT2D eigenvalue weighted by atomic mass is 16.5. The molecule has 1 spiro atoms. The van der Waals surface area contributed by atoms with Gasteiger partial charge in [-0.15, -0.1) is 0 Å². The normalized spacial score (nSPS) is 25.7. The fourth-order valence-electron chi connectivity index (χ4n) is 2.98.